The molecule has 0 spiro atoms. The van der Waals surface area contributed by atoms with Crippen molar-refractivity contribution in [3.63, 3.8) is 0 Å². The Morgan fingerprint density at radius 2 is 2.05 bits per heavy atom. The molecule has 0 saturated heterocycles. The van der Waals surface area contributed by atoms with Gasteiger partial charge in [-0.25, -0.2) is 4.98 Å². The first-order chi connectivity index (χ1) is 10.2. The molecule has 3 nitrogen and oxygen atoms in total. The normalized spacial score (nSPS) is 18.0. The van der Waals surface area contributed by atoms with Crippen LogP contribution in [0.4, 0.5) is 5.13 Å². The van der Waals surface area contributed by atoms with Crippen LogP contribution in [0.25, 0.3) is 0 Å². The standard InChI is InChI=1S/C17H31N3S/c1-5-13(6-2)12-20(8-4)17-19-15-11-9-10-14(18-7-3)16(15)21-17/h13-14,18H,5-12H2,1-4H3. The second kappa shape index (κ2) is 8.14. The fourth-order valence-corrected chi connectivity index (χ4v) is 4.48. The van der Waals surface area contributed by atoms with Crippen molar-refractivity contribution in [1.82, 2.24) is 10.3 Å². The van der Waals surface area contributed by atoms with E-state index in [0.717, 1.165) is 32.0 Å². The van der Waals surface area contributed by atoms with Crippen molar-refractivity contribution in [3.05, 3.63) is 10.6 Å². The van der Waals surface area contributed by atoms with E-state index < -0.39 is 0 Å². The highest BCUT2D eigenvalue weighted by Gasteiger charge is 2.25. The van der Waals surface area contributed by atoms with Crippen LogP contribution < -0.4 is 10.2 Å². The molecule has 0 aromatic carbocycles. The van der Waals surface area contributed by atoms with E-state index in [1.165, 1.54) is 41.4 Å². The molecule has 0 aliphatic heterocycles. The third-order valence-corrected chi connectivity index (χ3v) is 5.95. The average Bonchev–Trinajstić information content (AvgIpc) is 2.94. The Hall–Kier alpha value is -0.610. The SMILES string of the molecule is CCNC1CCCc2nc(N(CC)CC(CC)CC)sc21. The van der Waals surface area contributed by atoms with Crippen LogP contribution in [-0.4, -0.2) is 24.6 Å². The lowest BCUT2D eigenvalue weighted by Gasteiger charge is -2.24. The van der Waals surface area contributed by atoms with Crippen LogP contribution in [0.2, 0.25) is 0 Å². The minimum absolute atomic E-state index is 0.539. The number of thiazole rings is 1. The van der Waals surface area contributed by atoms with Gasteiger partial charge >= 0.3 is 0 Å². The Kier molecular flexibility index (Phi) is 6.49. The zero-order valence-electron chi connectivity index (χ0n) is 14.1. The van der Waals surface area contributed by atoms with Crippen LogP contribution in [0.3, 0.4) is 0 Å². The van der Waals surface area contributed by atoms with Gasteiger partial charge in [-0.2, -0.15) is 0 Å². The molecule has 1 N–H and O–H groups in total. The Balaban J connectivity index is 2.15. The summed E-state index contributed by atoms with van der Waals surface area (Å²) in [6.45, 7) is 12.3. The molecule has 0 fully saturated rings. The van der Waals surface area contributed by atoms with Gasteiger partial charge in [-0.3, -0.25) is 0 Å². The third-order valence-electron chi connectivity index (χ3n) is 4.68. The van der Waals surface area contributed by atoms with Gasteiger partial charge in [-0.15, -0.1) is 0 Å². The first kappa shape index (κ1) is 16.8. The predicted molar refractivity (Wildman–Crippen MR) is 93.4 cm³/mol. The molecule has 1 aromatic rings. The van der Waals surface area contributed by atoms with Crippen molar-refractivity contribution in [2.24, 2.45) is 5.92 Å². The largest absolute Gasteiger partial charge is 0.348 e. The molecule has 120 valence electrons. The topological polar surface area (TPSA) is 28.2 Å². The summed E-state index contributed by atoms with van der Waals surface area (Å²) in [5.74, 6) is 0.787. The highest BCUT2D eigenvalue weighted by Crippen LogP contribution is 2.37. The summed E-state index contributed by atoms with van der Waals surface area (Å²) < 4.78 is 0. The van der Waals surface area contributed by atoms with Gasteiger partial charge in [0.2, 0.25) is 0 Å². The molecule has 0 radical (unpaired) electrons. The molecular formula is C17H31N3S. The lowest BCUT2D eigenvalue weighted by atomic mass is 9.98. The number of aromatic nitrogens is 1. The molecule has 1 aliphatic rings. The Morgan fingerprint density at radius 1 is 1.29 bits per heavy atom. The van der Waals surface area contributed by atoms with E-state index in [2.05, 4.69) is 37.9 Å². The molecule has 1 aromatic heterocycles. The minimum atomic E-state index is 0.539. The third kappa shape index (κ3) is 3.98. The minimum Gasteiger partial charge on any atom is -0.348 e. The lowest BCUT2D eigenvalue weighted by molar-refractivity contribution is 0.475. The zero-order valence-corrected chi connectivity index (χ0v) is 14.9. The van der Waals surface area contributed by atoms with Crippen molar-refractivity contribution >= 4 is 16.5 Å². The van der Waals surface area contributed by atoms with Crippen molar-refractivity contribution in [2.45, 2.75) is 65.8 Å². The first-order valence-electron chi connectivity index (χ1n) is 8.71. The molecule has 0 saturated carbocycles. The van der Waals surface area contributed by atoms with Crippen LogP contribution in [0.5, 0.6) is 0 Å². The Morgan fingerprint density at radius 3 is 2.67 bits per heavy atom. The van der Waals surface area contributed by atoms with Crippen LogP contribution in [0, 0.1) is 5.92 Å². The summed E-state index contributed by atoms with van der Waals surface area (Å²) in [5, 5.41) is 4.88. The number of hydrogen-bond donors (Lipinski definition) is 1. The highest BCUT2D eigenvalue weighted by molar-refractivity contribution is 7.15. The van der Waals surface area contributed by atoms with E-state index in [4.69, 9.17) is 4.98 Å². The fourth-order valence-electron chi connectivity index (χ4n) is 3.18. The van der Waals surface area contributed by atoms with Crippen molar-refractivity contribution in [2.75, 3.05) is 24.5 Å². The first-order valence-corrected chi connectivity index (χ1v) is 9.52. The molecule has 2 rings (SSSR count). The summed E-state index contributed by atoms with van der Waals surface area (Å²) in [4.78, 5) is 8.97. The van der Waals surface area contributed by atoms with Crippen LogP contribution in [0.15, 0.2) is 0 Å². The van der Waals surface area contributed by atoms with E-state index in [-0.39, 0.29) is 0 Å². The fraction of sp³-hybridized carbons (Fsp3) is 0.824. The van der Waals surface area contributed by atoms with Gasteiger partial charge in [0, 0.05) is 24.0 Å². The molecular weight excluding hydrogens is 278 g/mol. The Bertz CT molecular complexity index is 426. The number of fused-ring (bicyclic) bond motifs is 1. The van der Waals surface area contributed by atoms with Gasteiger partial charge in [-0.1, -0.05) is 44.9 Å². The maximum Gasteiger partial charge on any atom is 0.185 e. The van der Waals surface area contributed by atoms with Gasteiger partial charge in [0.25, 0.3) is 0 Å². The van der Waals surface area contributed by atoms with Gasteiger partial charge < -0.3 is 10.2 Å². The molecule has 21 heavy (non-hydrogen) atoms. The smallest absolute Gasteiger partial charge is 0.185 e. The summed E-state index contributed by atoms with van der Waals surface area (Å²) in [6, 6.07) is 0.539. The number of rotatable bonds is 8. The van der Waals surface area contributed by atoms with Crippen LogP contribution in [-0.2, 0) is 6.42 Å². The van der Waals surface area contributed by atoms with Crippen LogP contribution >= 0.6 is 11.3 Å². The van der Waals surface area contributed by atoms with Gasteiger partial charge in [-0.05, 0) is 38.6 Å². The Labute approximate surface area is 134 Å². The summed E-state index contributed by atoms with van der Waals surface area (Å²) >= 11 is 1.93. The van der Waals surface area contributed by atoms with Crippen molar-refractivity contribution < 1.29 is 0 Å². The van der Waals surface area contributed by atoms with Gasteiger partial charge in [0.15, 0.2) is 5.13 Å². The number of hydrogen-bond acceptors (Lipinski definition) is 4. The zero-order chi connectivity index (χ0) is 15.2. The summed E-state index contributed by atoms with van der Waals surface area (Å²) in [5.41, 5.74) is 1.36. The van der Waals surface area contributed by atoms with E-state index in [0.29, 0.717) is 6.04 Å². The second-order valence-corrected chi connectivity index (χ2v) is 7.04. The van der Waals surface area contributed by atoms with Crippen molar-refractivity contribution in [1.29, 1.82) is 0 Å². The molecule has 1 atom stereocenters. The predicted octanol–water partition coefficient (Wildman–Crippen LogP) is 4.39. The highest BCUT2D eigenvalue weighted by atomic mass is 32.1. The van der Waals surface area contributed by atoms with E-state index >= 15 is 0 Å². The second-order valence-electron chi connectivity index (χ2n) is 6.03. The molecule has 1 aliphatic carbocycles. The van der Waals surface area contributed by atoms with Crippen LogP contribution in [0.1, 0.15) is 70.0 Å². The number of anilines is 1. The maximum absolute atomic E-state index is 4.98. The molecule has 0 bridgehead atoms. The maximum atomic E-state index is 4.98. The van der Waals surface area contributed by atoms with E-state index in [1.54, 1.807) is 0 Å². The average molecular weight is 310 g/mol. The number of nitrogens with zero attached hydrogens (tertiary/aromatic N) is 2. The van der Waals surface area contributed by atoms with Crippen molar-refractivity contribution in [3.8, 4) is 0 Å². The molecule has 1 unspecified atom stereocenters. The quantitative estimate of drug-likeness (QED) is 0.772. The van der Waals surface area contributed by atoms with Gasteiger partial charge in [0.05, 0.1) is 5.69 Å². The monoisotopic (exact) mass is 309 g/mol. The number of aryl methyl sites for hydroxylation is 1. The summed E-state index contributed by atoms with van der Waals surface area (Å²) in [6.07, 6.45) is 6.22. The molecule has 1 heterocycles. The lowest BCUT2D eigenvalue weighted by Crippen LogP contribution is -2.28. The van der Waals surface area contributed by atoms with E-state index in [9.17, 15) is 0 Å². The molecule has 0 amide bonds. The van der Waals surface area contributed by atoms with Gasteiger partial charge in [0.1, 0.15) is 0 Å². The summed E-state index contributed by atoms with van der Waals surface area (Å²) in [7, 11) is 0. The molecule has 4 heteroatoms. The van der Waals surface area contributed by atoms with E-state index in [1.807, 2.05) is 11.3 Å². The number of nitrogens with one attached hydrogen (secondary N) is 1.